The summed E-state index contributed by atoms with van der Waals surface area (Å²) < 4.78 is 0. The molecule has 2 aromatic rings. The predicted octanol–water partition coefficient (Wildman–Crippen LogP) is 2.54. The molecule has 0 bridgehead atoms. The number of hydrogen-bond acceptors (Lipinski definition) is 3. The smallest absolute Gasteiger partial charge is 0.226 e. The number of nitrogens with zero attached hydrogens (tertiary/aromatic N) is 3. The fourth-order valence-electron chi connectivity index (χ4n) is 3.56. The van der Waals surface area contributed by atoms with Crippen LogP contribution in [0.25, 0.3) is 10.9 Å². The van der Waals surface area contributed by atoms with Gasteiger partial charge in [0.1, 0.15) is 0 Å². The number of para-hydroxylation sites is 1. The quantitative estimate of drug-likeness (QED) is 0.874. The van der Waals surface area contributed by atoms with Gasteiger partial charge in [-0.25, -0.2) is 0 Å². The first-order valence-electron chi connectivity index (χ1n) is 8.56. The third-order valence-electron chi connectivity index (χ3n) is 5.22. The van der Waals surface area contributed by atoms with Crippen LogP contribution in [0.3, 0.4) is 0 Å². The summed E-state index contributed by atoms with van der Waals surface area (Å²) >= 11 is 0. The highest BCUT2D eigenvalue weighted by Crippen LogP contribution is 2.39. The van der Waals surface area contributed by atoms with E-state index in [-0.39, 0.29) is 0 Å². The van der Waals surface area contributed by atoms with Crippen molar-refractivity contribution in [2.24, 2.45) is 11.8 Å². The number of amides is 1. The molecule has 23 heavy (non-hydrogen) atoms. The van der Waals surface area contributed by atoms with Crippen molar-refractivity contribution in [3.63, 3.8) is 0 Å². The Morgan fingerprint density at radius 2 is 1.91 bits per heavy atom. The average Bonchev–Trinajstić information content (AvgIpc) is 3.32. The molecule has 1 aliphatic carbocycles. The van der Waals surface area contributed by atoms with E-state index in [1.165, 1.54) is 10.9 Å². The van der Waals surface area contributed by atoms with Crippen molar-refractivity contribution in [2.75, 3.05) is 26.2 Å². The van der Waals surface area contributed by atoms with Gasteiger partial charge in [0.25, 0.3) is 0 Å². The lowest BCUT2D eigenvalue weighted by molar-refractivity contribution is -0.134. The fourth-order valence-corrected chi connectivity index (χ4v) is 3.56. The minimum Gasteiger partial charge on any atom is -0.340 e. The van der Waals surface area contributed by atoms with E-state index >= 15 is 0 Å². The topological polar surface area (TPSA) is 36.4 Å². The van der Waals surface area contributed by atoms with Gasteiger partial charge in [0.2, 0.25) is 5.91 Å². The van der Waals surface area contributed by atoms with Gasteiger partial charge in [0.15, 0.2) is 0 Å². The maximum atomic E-state index is 12.3. The maximum absolute atomic E-state index is 12.3. The van der Waals surface area contributed by atoms with Crippen LogP contribution in [0.15, 0.2) is 36.5 Å². The van der Waals surface area contributed by atoms with Gasteiger partial charge in [0.05, 0.1) is 5.52 Å². The monoisotopic (exact) mass is 309 g/mol. The van der Waals surface area contributed by atoms with Crippen LogP contribution in [0.5, 0.6) is 0 Å². The summed E-state index contributed by atoms with van der Waals surface area (Å²) in [6.07, 6.45) is 2.94. The molecule has 2 heterocycles. The van der Waals surface area contributed by atoms with Crippen molar-refractivity contribution >= 4 is 16.8 Å². The number of rotatable bonds is 3. The lowest BCUT2D eigenvalue weighted by Gasteiger charge is -2.35. The Balaban J connectivity index is 1.40. The zero-order valence-electron chi connectivity index (χ0n) is 13.6. The minimum absolute atomic E-state index is 0.309. The SMILES string of the molecule is CC1CC1C(=O)N1CCN(Cc2cccc3cccnc23)CC1. The first-order chi connectivity index (χ1) is 11.2. The third-order valence-corrected chi connectivity index (χ3v) is 5.22. The summed E-state index contributed by atoms with van der Waals surface area (Å²) in [6.45, 7) is 6.72. The van der Waals surface area contributed by atoms with E-state index in [9.17, 15) is 4.79 Å². The molecule has 1 aromatic heterocycles. The van der Waals surface area contributed by atoms with Gasteiger partial charge in [-0.1, -0.05) is 31.2 Å². The zero-order valence-corrected chi connectivity index (χ0v) is 13.6. The van der Waals surface area contributed by atoms with Crippen LogP contribution in [0, 0.1) is 11.8 Å². The van der Waals surface area contributed by atoms with E-state index < -0.39 is 0 Å². The molecule has 0 N–H and O–H groups in total. The summed E-state index contributed by atoms with van der Waals surface area (Å²) in [5.41, 5.74) is 2.37. The lowest BCUT2D eigenvalue weighted by Crippen LogP contribution is -2.48. The fraction of sp³-hybridized carbons (Fsp3) is 0.474. The molecule has 1 saturated heterocycles. The van der Waals surface area contributed by atoms with Crippen LogP contribution >= 0.6 is 0 Å². The van der Waals surface area contributed by atoms with E-state index in [2.05, 4.69) is 46.0 Å². The molecule has 2 aliphatic rings. The second-order valence-corrected chi connectivity index (χ2v) is 6.91. The zero-order chi connectivity index (χ0) is 15.8. The highest BCUT2D eigenvalue weighted by atomic mass is 16.2. The van der Waals surface area contributed by atoms with Crippen molar-refractivity contribution in [1.82, 2.24) is 14.8 Å². The number of hydrogen-bond donors (Lipinski definition) is 0. The highest BCUT2D eigenvalue weighted by Gasteiger charge is 2.41. The van der Waals surface area contributed by atoms with Gasteiger partial charge in [-0.3, -0.25) is 14.7 Å². The van der Waals surface area contributed by atoms with Gasteiger partial charge >= 0.3 is 0 Å². The Morgan fingerprint density at radius 1 is 1.17 bits per heavy atom. The van der Waals surface area contributed by atoms with Crippen molar-refractivity contribution in [3.8, 4) is 0 Å². The summed E-state index contributed by atoms with van der Waals surface area (Å²) in [7, 11) is 0. The molecule has 2 atom stereocenters. The molecule has 120 valence electrons. The molecule has 4 rings (SSSR count). The van der Waals surface area contributed by atoms with Crippen molar-refractivity contribution in [2.45, 2.75) is 19.9 Å². The number of aromatic nitrogens is 1. The number of piperazine rings is 1. The van der Waals surface area contributed by atoms with E-state index in [0.717, 1.165) is 44.7 Å². The summed E-state index contributed by atoms with van der Waals surface area (Å²) in [5.74, 6) is 1.29. The normalized spacial score (nSPS) is 24.8. The molecule has 2 fully saturated rings. The van der Waals surface area contributed by atoms with E-state index in [1.54, 1.807) is 0 Å². The Labute approximate surface area is 137 Å². The van der Waals surface area contributed by atoms with E-state index in [0.29, 0.717) is 17.7 Å². The number of carbonyl (C=O) groups is 1. The molecule has 4 nitrogen and oxygen atoms in total. The van der Waals surface area contributed by atoms with Crippen LogP contribution in [-0.2, 0) is 11.3 Å². The molecule has 4 heteroatoms. The molecule has 0 spiro atoms. The molecular formula is C19H23N3O. The van der Waals surface area contributed by atoms with Crippen LogP contribution in [0.1, 0.15) is 18.9 Å². The highest BCUT2D eigenvalue weighted by molar-refractivity contribution is 5.82. The Bertz CT molecular complexity index is 716. The molecule has 1 amide bonds. The second-order valence-electron chi connectivity index (χ2n) is 6.91. The van der Waals surface area contributed by atoms with Gasteiger partial charge in [-0.15, -0.1) is 0 Å². The van der Waals surface area contributed by atoms with E-state index in [1.807, 2.05) is 12.3 Å². The first kappa shape index (κ1) is 14.6. The summed E-state index contributed by atoms with van der Waals surface area (Å²) in [6, 6.07) is 10.5. The number of carbonyl (C=O) groups excluding carboxylic acids is 1. The van der Waals surface area contributed by atoms with Crippen molar-refractivity contribution < 1.29 is 4.79 Å². The Morgan fingerprint density at radius 3 is 2.65 bits per heavy atom. The first-order valence-corrected chi connectivity index (χ1v) is 8.56. The van der Waals surface area contributed by atoms with Gasteiger partial charge < -0.3 is 4.90 Å². The van der Waals surface area contributed by atoms with Crippen LogP contribution in [-0.4, -0.2) is 46.9 Å². The van der Waals surface area contributed by atoms with Gasteiger partial charge in [-0.2, -0.15) is 0 Å². The van der Waals surface area contributed by atoms with Crippen molar-refractivity contribution in [1.29, 1.82) is 0 Å². The molecule has 2 unspecified atom stereocenters. The third kappa shape index (κ3) is 2.95. The maximum Gasteiger partial charge on any atom is 0.226 e. The lowest BCUT2D eigenvalue weighted by atomic mass is 10.1. The molecule has 1 aliphatic heterocycles. The van der Waals surface area contributed by atoms with Crippen LogP contribution in [0.4, 0.5) is 0 Å². The molecule has 0 radical (unpaired) electrons. The number of benzene rings is 1. The van der Waals surface area contributed by atoms with E-state index in [4.69, 9.17) is 0 Å². The van der Waals surface area contributed by atoms with Crippen molar-refractivity contribution in [3.05, 3.63) is 42.1 Å². The molecule has 1 saturated carbocycles. The minimum atomic E-state index is 0.309. The standard InChI is InChI=1S/C19H23N3O/c1-14-12-17(14)19(23)22-10-8-21(9-11-22)13-16-5-2-4-15-6-3-7-20-18(15)16/h2-7,14,17H,8-13H2,1H3. The predicted molar refractivity (Wildman–Crippen MR) is 90.9 cm³/mol. The Hall–Kier alpha value is -1.94. The van der Waals surface area contributed by atoms with Gasteiger partial charge in [-0.05, 0) is 24.0 Å². The average molecular weight is 309 g/mol. The largest absolute Gasteiger partial charge is 0.340 e. The number of fused-ring (bicyclic) bond motifs is 1. The van der Waals surface area contributed by atoms with Gasteiger partial charge in [0, 0.05) is 50.2 Å². The van der Waals surface area contributed by atoms with Crippen LogP contribution in [0.2, 0.25) is 0 Å². The summed E-state index contributed by atoms with van der Waals surface area (Å²) in [4.78, 5) is 21.3. The van der Waals surface area contributed by atoms with Crippen LogP contribution < -0.4 is 0 Å². The Kier molecular flexibility index (Phi) is 3.77. The number of pyridine rings is 1. The molecule has 1 aromatic carbocycles. The summed E-state index contributed by atoms with van der Waals surface area (Å²) in [5, 5.41) is 1.20. The molecular weight excluding hydrogens is 286 g/mol. The second kappa shape index (κ2) is 5.93.